The van der Waals surface area contributed by atoms with E-state index < -0.39 is 0 Å². The Balaban J connectivity index is 2.77. The maximum Gasteiger partial charge on any atom is 0.0991 e. The highest BCUT2D eigenvalue weighted by atomic mass is 14.2. The molecule has 0 atom stereocenters. The average Bonchev–Trinajstić information content (AvgIpc) is 2.03. The van der Waals surface area contributed by atoms with Gasteiger partial charge in [0.05, 0.1) is 11.6 Å². The number of hydrogen-bond acceptors (Lipinski definition) is 1. The van der Waals surface area contributed by atoms with Crippen molar-refractivity contribution in [2.45, 2.75) is 27.2 Å². The topological polar surface area (TPSA) is 23.8 Å². The minimum Gasteiger partial charge on any atom is -0.192 e. The van der Waals surface area contributed by atoms with E-state index in [9.17, 15) is 0 Å². The van der Waals surface area contributed by atoms with Crippen molar-refractivity contribution < 1.29 is 0 Å². The molecule has 1 nitrogen and oxygen atoms in total. The van der Waals surface area contributed by atoms with Gasteiger partial charge in [0.15, 0.2) is 0 Å². The Kier molecular flexibility index (Phi) is 2.72. The Morgan fingerprint density at radius 1 is 1.15 bits per heavy atom. The fourth-order valence-electron chi connectivity index (χ4n) is 1.31. The largest absolute Gasteiger partial charge is 0.192 e. The van der Waals surface area contributed by atoms with Crippen LogP contribution in [-0.4, -0.2) is 0 Å². The van der Waals surface area contributed by atoms with Crippen LogP contribution in [0.25, 0.3) is 0 Å². The van der Waals surface area contributed by atoms with Crippen molar-refractivity contribution in [1.29, 1.82) is 5.26 Å². The van der Waals surface area contributed by atoms with Crippen LogP contribution in [0.2, 0.25) is 0 Å². The zero-order valence-corrected chi connectivity index (χ0v) is 8.46. The average molecular weight is 173 g/mol. The van der Waals surface area contributed by atoms with Crippen LogP contribution in [0.5, 0.6) is 0 Å². The van der Waals surface area contributed by atoms with Crippen molar-refractivity contribution in [3.05, 3.63) is 35.4 Å². The molecule has 0 N–H and O–H groups in total. The van der Waals surface area contributed by atoms with Crippen molar-refractivity contribution in [3.63, 3.8) is 0 Å². The van der Waals surface area contributed by atoms with E-state index in [4.69, 9.17) is 5.26 Å². The molecule has 0 radical (unpaired) electrons. The summed E-state index contributed by atoms with van der Waals surface area (Å²) in [6.07, 6.45) is 1.05. The van der Waals surface area contributed by atoms with E-state index in [1.165, 1.54) is 5.56 Å². The van der Waals surface area contributed by atoms with Gasteiger partial charge in [-0.05, 0) is 29.5 Å². The van der Waals surface area contributed by atoms with Crippen LogP contribution in [0, 0.1) is 16.7 Å². The summed E-state index contributed by atoms with van der Waals surface area (Å²) in [5, 5.41) is 8.61. The zero-order valence-electron chi connectivity index (χ0n) is 8.46. The summed E-state index contributed by atoms with van der Waals surface area (Å²) in [6, 6.07) is 9.93. The predicted octanol–water partition coefficient (Wildman–Crippen LogP) is 3.15. The second-order valence-electron chi connectivity index (χ2n) is 4.55. The molecule has 1 aromatic carbocycles. The summed E-state index contributed by atoms with van der Waals surface area (Å²) in [5.74, 6) is 0. The van der Waals surface area contributed by atoms with Crippen LogP contribution in [0.1, 0.15) is 31.9 Å². The third-order valence-corrected chi connectivity index (χ3v) is 1.82. The molecular formula is C12H15N. The lowest BCUT2D eigenvalue weighted by Crippen LogP contribution is -2.08. The number of nitriles is 1. The molecule has 0 saturated carbocycles. The molecule has 0 spiro atoms. The van der Waals surface area contributed by atoms with Crippen LogP contribution in [-0.2, 0) is 6.42 Å². The lowest BCUT2D eigenvalue weighted by atomic mass is 9.88. The first-order chi connectivity index (χ1) is 6.01. The Morgan fingerprint density at radius 3 is 2.08 bits per heavy atom. The summed E-state index contributed by atoms with van der Waals surface area (Å²) >= 11 is 0. The molecule has 1 aromatic rings. The quantitative estimate of drug-likeness (QED) is 0.640. The molecule has 0 aliphatic heterocycles. The van der Waals surface area contributed by atoms with Gasteiger partial charge in [-0.15, -0.1) is 0 Å². The molecule has 0 bridgehead atoms. The fourth-order valence-corrected chi connectivity index (χ4v) is 1.31. The van der Waals surface area contributed by atoms with Gasteiger partial charge < -0.3 is 0 Å². The van der Waals surface area contributed by atoms with Crippen LogP contribution in [0.15, 0.2) is 24.3 Å². The maximum atomic E-state index is 8.61. The molecule has 68 valence electrons. The number of hydrogen-bond donors (Lipinski definition) is 0. The molecule has 0 aliphatic carbocycles. The van der Waals surface area contributed by atoms with Crippen LogP contribution < -0.4 is 0 Å². The van der Waals surface area contributed by atoms with Crippen molar-refractivity contribution in [3.8, 4) is 6.07 Å². The highest BCUT2D eigenvalue weighted by molar-refractivity contribution is 5.31. The minimum absolute atomic E-state index is 0.314. The Bertz CT molecular complexity index is 308. The van der Waals surface area contributed by atoms with Gasteiger partial charge in [-0.25, -0.2) is 0 Å². The van der Waals surface area contributed by atoms with E-state index in [1.54, 1.807) is 0 Å². The maximum absolute atomic E-state index is 8.61. The van der Waals surface area contributed by atoms with Gasteiger partial charge in [-0.1, -0.05) is 32.9 Å². The summed E-state index contributed by atoms with van der Waals surface area (Å²) in [7, 11) is 0. The molecular weight excluding hydrogens is 158 g/mol. The number of rotatable bonds is 1. The molecule has 1 rings (SSSR count). The van der Waals surface area contributed by atoms with E-state index in [2.05, 4.69) is 26.8 Å². The number of benzene rings is 1. The molecule has 0 fully saturated rings. The summed E-state index contributed by atoms with van der Waals surface area (Å²) in [4.78, 5) is 0. The zero-order chi connectivity index (χ0) is 9.90. The predicted molar refractivity (Wildman–Crippen MR) is 54.3 cm³/mol. The van der Waals surface area contributed by atoms with Crippen LogP contribution in [0.3, 0.4) is 0 Å². The molecule has 0 aliphatic rings. The summed E-state index contributed by atoms with van der Waals surface area (Å²) < 4.78 is 0. The van der Waals surface area contributed by atoms with Crippen molar-refractivity contribution in [2.24, 2.45) is 5.41 Å². The van der Waals surface area contributed by atoms with Crippen LogP contribution >= 0.6 is 0 Å². The SMILES string of the molecule is CC(C)(C)Cc1ccc(C#N)cc1. The molecule has 0 heterocycles. The Morgan fingerprint density at radius 2 is 1.69 bits per heavy atom. The standard InChI is InChI=1S/C12H15N/c1-12(2,3)8-10-4-6-11(9-13)7-5-10/h4-7H,8H2,1-3H3. The highest BCUT2D eigenvalue weighted by Crippen LogP contribution is 2.20. The van der Waals surface area contributed by atoms with Gasteiger partial charge >= 0.3 is 0 Å². The lowest BCUT2D eigenvalue weighted by molar-refractivity contribution is 0.411. The molecule has 0 aromatic heterocycles. The number of nitrogens with zero attached hydrogens (tertiary/aromatic N) is 1. The van der Waals surface area contributed by atoms with Crippen molar-refractivity contribution in [1.82, 2.24) is 0 Å². The van der Waals surface area contributed by atoms with E-state index >= 15 is 0 Å². The molecule has 0 unspecified atom stereocenters. The molecule has 0 saturated heterocycles. The van der Waals surface area contributed by atoms with Gasteiger partial charge in [0.2, 0.25) is 0 Å². The molecule has 1 heteroatoms. The minimum atomic E-state index is 0.314. The molecule has 13 heavy (non-hydrogen) atoms. The van der Waals surface area contributed by atoms with Gasteiger partial charge in [-0.3, -0.25) is 0 Å². The summed E-state index contributed by atoms with van der Waals surface area (Å²) in [6.45, 7) is 6.64. The van der Waals surface area contributed by atoms with Gasteiger partial charge in [0, 0.05) is 0 Å². The first-order valence-electron chi connectivity index (χ1n) is 4.50. The third kappa shape index (κ3) is 3.29. The third-order valence-electron chi connectivity index (χ3n) is 1.82. The summed E-state index contributed by atoms with van der Waals surface area (Å²) in [5.41, 5.74) is 2.35. The van der Waals surface area contributed by atoms with Crippen molar-refractivity contribution >= 4 is 0 Å². The highest BCUT2D eigenvalue weighted by Gasteiger charge is 2.10. The smallest absolute Gasteiger partial charge is 0.0991 e. The monoisotopic (exact) mass is 173 g/mol. The first-order valence-corrected chi connectivity index (χ1v) is 4.50. The van der Waals surface area contributed by atoms with Gasteiger partial charge in [0.25, 0.3) is 0 Å². The first kappa shape index (κ1) is 9.80. The van der Waals surface area contributed by atoms with Crippen molar-refractivity contribution in [2.75, 3.05) is 0 Å². The second kappa shape index (κ2) is 3.62. The van der Waals surface area contributed by atoms with E-state index in [0.717, 1.165) is 12.0 Å². The van der Waals surface area contributed by atoms with Gasteiger partial charge in [0.1, 0.15) is 0 Å². The van der Waals surface area contributed by atoms with Crippen LogP contribution in [0.4, 0.5) is 0 Å². The second-order valence-corrected chi connectivity index (χ2v) is 4.55. The normalized spacial score (nSPS) is 10.9. The Labute approximate surface area is 80.0 Å². The van der Waals surface area contributed by atoms with E-state index in [-0.39, 0.29) is 0 Å². The Hall–Kier alpha value is -1.29. The van der Waals surface area contributed by atoms with E-state index in [0.29, 0.717) is 5.41 Å². The van der Waals surface area contributed by atoms with Gasteiger partial charge in [-0.2, -0.15) is 5.26 Å². The van der Waals surface area contributed by atoms with E-state index in [1.807, 2.05) is 24.3 Å². The lowest BCUT2D eigenvalue weighted by Gasteiger charge is -2.17. The fraction of sp³-hybridized carbons (Fsp3) is 0.417. The molecule has 0 amide bonds.